The molecule has 2 N–H and O–H groups in total. The largest absolute Gasteiger partial charge is 0.496 e. The third-order valence-electron chi connectivity index (χ3n) is 3.24. The molecule has 0 fully saturated rings. The van der Waals surface area contributed by atoms with Gasteiger partial charge in [0.05, 0.1) is 13.2 Å². The predicted octanol–water partition coefficient (Wildman–Crippen LogP) is 2.35. The van der Waals surface area contributed by atoms with Crippen molar-refractivity contribution in [1.82, 2.24) is 0 Å². The molecule has 0 saturated carbocycles. The molecule has 0 saturated heterocycles. The van der Waals surface area contributed by atoms with E-state index in [2.05, 4.69) is 4.90 Å². The Kier molecular flexibility index (Phi) is 6.67. The van der Waals surface area contributed by atoms with E-state index >= 15 is 0 Å². The minimum absolute atomic E-state index is 0.252. The molecule has 1 atom stereocenters. The Hall–Kier alpha value is -1.26. The lowest BCUT2D eigenvalue weighted by Gasteiger charge is -2.25. The lowest BCUT2D eigenvalue weighted by atomic mass is 10.1. The standard InChI is InChI=1S/C15H25NO3/c1-12(18)15-13(8-7-9-14(15)19-3)16(2)10-5-4-6-11-17/h7-9,12,17-18H,4-6,10-11H2,1-3H3. The number of hydrogen-bond donors (Lipinski definition) is 2. The van der Waals surface area contributed by atoms with Gasteiger partial charge in [-0.15, -0.1) is 0 Å². The number of unbranched alkanes of at least 4 members (excludes halogenated alkanes) is 2. The zero-order valence-electron chi connectivity index (χ0n) is 12.1. The minimum atomic E-state index is -0.564. The predicted molar refractivity (Wildman–Crippen MR) is 77.8 cm³/mol. The summed E-state index contributed by atoms with van der Waals surface area (Å²) < 4.78 is 5.32. The van der Waals surface area contributed by atoms with Crippen LogP contribution in [0.4, 0.5) is 5.69 Å². The van der Waals surface area contributed by atoms with Crippen LogP contribution in [-0.2, 0) is 0 Å². The average molecular weight is 267 g/mol. The number of hydrogen-bond acceptors (Lipinski definition) is 4. The van der Waals surface area contributed by atoms with Gasteiger partial charge in [-0.3, -0.25) is 0 Å². The first-order valence-corrected chi connectivity index (χ1v) is 6.78. The number of aliphatic hydroxyl groups is 2. The van der Waals surface area contributed by atoms with E-state index in [4.69, 9.17) is 9.84 Å². The Balaban J connectivity index is 2.80. The van der Waals surface area contributed by atoms with Crippen molar-refractivity contribution in [3.05, 3.63) is 23.8 Å². The zero-order valence-corrected chi connectivity index (χ0v) is 12.1. The molecule has 0 heterocycles. The molecule has 0 amide bonds. The Morgan fingerprint density at radius 3 is 2.58 bits per heavy atom. The zero-order chi connectivity index (χ0) is 14.3. The maximum atomic E-state index is 9.94. The number of methoxy groups -OCH3 is 1. The van der Waals surface area contributed by atoms with Crippen LogP contribution in [0.3, 0.4) is 0 Å². The summed E-state index contributed by atoms with van der Waals surface area (Å²) in [6, 6.07) is 5.80. The van der Waals surface area contributed by atoms with Gasteiger partial charge in [-0.2, -0.15) is 0 Å². The molecule has 1 aromatic rings. The summed E-state index contributed by atoms with van der Waals surface area (Å²) in [5.74, 6) is 0.717. The fourth-order valence-electron chi connectivity index (χ4n) is 2.22. The van der Waals surface area contributed by atoms with E-state index in [-0.39, 0.29) is 6.61 Å². The summed E-state index contributed by atoms with van der Waals surface area (Å²) in [5.41, 5.74) is 1.83. The number of ether oxygens (including phenoxy) is 1. The van der Waals surface area contributed by atoms with Gasteiger partial charge in [0.2, 0.25) is 0 Å². The first kappa shape index (κ1) is 15.8. The van der Waals surface area contributed by atoms with Crippen molar-refractivity contribution in [2.24, 2.45) is 0 Å². The number of anilines is 1. The Morgan fingerprint density at radius 2 is 2.00 bits per heavy atom. The summed E-state index contributed by atoms with van der Waals surface area (Å²) in [7, 11) is 3.63. The van der Waals surface area contributed by atoms with Crippen molar-refractivity contribution in [2.75, 3.05) is 32.2 Å². The molecule has 19 heavy (non-hydrogen) atoms. The van der Waals surface area contributed by atoms with E-state index in [9.17, 15) is 5.11 Å². The van der Waals surface area contributed by atoms with Crippen molar-refractivity contribution in [2.45, 2.75) is 32.3 Å². The van der Waals surface area contributed by atoms with Gasteiger partial charge in [0, 0.05) is 31.5 Å². The molecule has 1 rings (SSSR count). The van der Waals surface area contributed by atoms with Crippen molar-refractivity contribution < 1.29 is 14.9 Å². The number of nitrogens with zero attached hydrogens (tertiary/aromatic N) is 1. The Morgan fingerprint density at radius 1 is 1.26 bits per heavy atom. The average Bonchev–Trinajstić information content (AvgIpc) is 2.42. The molecule has 0 aliphatic rings. The summed E-state index contributed by atoms with van der Waals surface area (Å²) in [6.07, 6.45) is 2.31. The molecule has 0 aliphatic heterocycles. The van der Waals surface area contributed by atoms with Gasteiger partial charge in [-0.25, -0.2) is 0 Å². The SMILES string of the molecule is COc1cccc(N(C)CCCCCO)c1C(C)O. The lowest BCUT2D eigenvalue weighted by molar-refractivity contribution is 0.194. The molecular weight excluding hydrogens is 242 g/mol. The van der Waals surface area contributed by atoms with Gasteiger partial charge in [0.15, 0.2) is 0 Å². The summed E-state index contributed by atoms with van der Waals surface area (Å²) in [5, 5.41) is 18.7. The van der Waals surface area contributed by atoms with E-state index in [1.165, 1.54) is 0 Å². The smallest absolute Gasteiger partial charge is 0.126 e. The number of rotatable bonds is 8. The van der Waals surface area contributed by atoms with Crippen LogP contribution >= 0.6 is 0 Å². The van der Waals surface area contributed by atoms with Crippen LogP contribution < -0.4 is 9.64 Å². The van der Waals surface area contributed by atoms with Crippen molar-refractivity contribution in [1.29, 1.82) is 0 Å². The minimum Gasteiger partial charge on any atom is -0.496 e. The molecule has 0 radical (unpaired) electrons. The van der Waals surface area contributed by atoms with Gasteiger partial charge >= 0.3 is 0 Å². The maximum absolute atomic E-state index is 9.94. The van der Waals surface area contributed by atoms with E-state index in [1.54, 1.807) is 14.0 Å². The van der Waals surface area contributed by atoms with Crippen molar-refractivity contribution in [3.8, 4) is 5.75 Å². The van der Waals surface area contributed by atoms with Crippen LogP contribution in [0.15, 0.2) is 18.2 Å². The number of aliphatic hydroxyl groups excluding tert-OH is 2. The van der Waals surface area contributed by atoms with Crippen LogP contribution in [0, 0.1) is 0 Å². The van der Waals surface area contributed by atoms with Crippen LogP contribution in [-0.4, -0.2) is 37.5 Å². The maximum Gasteiger partial charge on any atom is 0.126 e. The molecule has 108 valence electrons. The van der Waals surface area contributed by atoms with Gasteiger partial charge < -0.3 is 19.8 Å². The molecule has 1 unspecified atom stereocenters. The third kappa shape index (κ3) is 4.40. The van der Waals surface area contributed by atoms with E-state index in [0.717, 1.165) is 42.8 Å². The van der Waals surface area contributed by atoms with Crippen LogP contribution in [0.25, 0.3) is 0 Å². The van der Waals surface area contributed by atoms with Crippen LogP contribution in [0.1, 0.15) is 37.9 Å². The molecule has 4 heteroatoms. The topological polar surface area (TPSA) is 52.9 Å². The van der Waals surface area contributed by atoms with Gasteiger partial charge in [0.1, 0.15) is 5.75 Å². The fraction of sp³-hybridized carbons (Fsp3) is 0.600. The van der Waals surface area contributed by atoms with Crippen LogP contribution in [0.2, 0.25) is 0 Å². The van der Waals surface area contributed by atoms with E-state index < -0.39 is 6.10 Å². The fourth-order valence-corrected chi connectivity index (χ4v) is 2.22. The van der Waals surface area contributed by atoms with E-state index in [1.807, 2.05) is 25.2 Å². The monoisotopic (exact) mass is 267 g/mol. The highest BCUT2D eigenvalue weighted by atomic mass is 16.5. The Labute approximate surface area is 115 Å². The van der Waals surface area contributed by atoms with Crippen molar-refractivity contribution >= 4 is 5.69 Å². The highest BCUT2D eigenvalue weighted by molar-refractivity contribution is 5.60. The first-order valence-electron chi connectivity index (χ1n) is 6.78. The normalized spacial score (nSPS) is 12.3. The molecule has 0 aromatic heterocycles. The lowest BCUT2D eigenvalue weighted by Crippen LogP contribution is -2.21. The quantitative estimate of drug-likeness (QED) is 0.710. The second kappa shape index (κ2) is 8.02. The third-order valence-corrected chi connectivity index (χ3v) is 3.24. The highest BCUT2D eigenvalue weighted by Crippen LogP contribution is 2.34. The molecular formula is C15H25NO3. The highest BCUT2D eigenvalue weighted by Gasteiger charge is 2.16. The molecule has 0 spiro atoms. The summed E-state index contributed by atoms with van der Waals surface area (Å²) in [6.45, 7) is 2.90. The second-order valence-corrected chi connectivity index (χ2v) is 4.77. The molecule has 0 aliphatic carbocycles. The first-order chi connectivity index (χ1) is 9.11. The molecule has 1 aromatic carbocycles. The molecule has 0 bridgehead atoms. The van der Waals surface area contributed by atoms with E-state index in [0.29, 0.717) is 0 Å². The van der Waals surface area contributed by atoms with Crippen LogP contribution in [0.5, 0.6) is 5.75 Å². The summed E-state index contributed by atoms with van der Waals surface area (Å²) in [4.78, 5) is 2.13. The molecule has 4 nitrogen and oxygen atoms in total. The van der Waals surface area contributed by atoms with Gasteiger partial charge in [-0.1, -0.05) is 6.07 Å². The Bertz CT molecular complexity index is 380. The van der Waals surface area contributed by atoms with Gasteiger partial charge in [-0.05, 0) is 38.3 Å². The summed E-state index contributed by atoms with van der Waals surface area (Å²) >= 11 is 0. The second-order valence-electron chi connectivity index (χ2n) is 4.77. The van der Waals surface area contributed by atoms with Crippen molar-refractivity contribution in [3.63, 3.8) is 0 Å². The number of benzene rings is 1. The van der Waals surface area contributed by atoms with Gasteiger partial charge in [0.25, 0.3) is 0 Å².